The molecule has 0 unspecified atom stereocenters. The predicted octanol–water partition coefficient (Wildman–Crippen LogP) is 5.65. The maximum Gasteiger partial charge on any atom is 0.234 e. The molecule has 134 valence electrons. The van der Waals surface area contributed by atoms with Crippen molar-refractivity contribution in [1.29, 1.82) is 0 Å². The summed E-state index contributed by atoms with van der Waals surface area (Å²) in [6.45, 7) is 6.26. The minimum atomic E-state index is -0.0520. The van der Waals surface area contributed by atoms with E-state index >= 15 is 0 Å². The van der Waals surface area contributed by atoms with Crippen LogP contribution in [-0.4, -0.2) is 18.8 Å². The van der Waals surface area contributed by atoms with E-state index in [9.17, 15) is 4.79 Å². The molecule has 0 aliphatic heterocycles. The number of rotatable bonds is 7. The summed E-state index contributed by atoms with van der Waals surface area (Å²) in [5.41, 5.74) is 4.10. The number of hydrogen-bond donors (Lipinski definition) is 1. The second-order valence-corrected chi connectivity index (χ2v) is 7.63. The first kappa shape index (κ1) is 19.7. The van der Waals surface area contributed by atoms with E-state index in [0.29, 0.717) is 28.1 Å². The van der Waals surface area contributed by atoms with Crippen molar-refractivity contribution in [1.82, 2.24) is 0 Å². The van der Waals surface area contributed by atoms with E-state index in [2.05, 4.69) is 43.4 Å². The largest absolute Gasteiger partial charge is 0.495 e. The van der Waals surface area contributed by atoms with Crippen LogP contribution in [0.5, 0.6) is 5.75 Å². The second-order valence-electron chi connectivity index (χ2n) is 6.24. The summed E-state index contributed by atoms with van der Waals surface area (Å²) in [5, 5.41) is 3.52. The molecule has 0 saturated carbocycles. The Morgan fingerprint density at radius 3 is 2.52 bits per heavy atom. The van der Waals surface area contributed by atoms with Gasteiger partial charge in [-0.15, -0.1) is 11.8 Å². The van der Waals surface area contributed by atoms with E-state index in [1.165, 1.54) is 11.1 Å². The summed E-state index contributed by atoms with van der Waals surface area (Å²) in [4.78, 5) is 12.2. The molecule has 0 spiro atoms. The predicted molar refractivity (Wildman–Crippen MR) is 108 cm³/mol. The Kier molecular flexibility index (Phi) is 7.21. The number of ether oxygens (including phenoxy) is 1. The first-order valence-corrected chi connectivity index (χ1v) is 9.74. The molecular formula is C20H24ClNO2S. The topological polar surface area (TPSA) is 38.3 Å². The summed E-state index contributed by atoms with van der Waals surface area (Å²) in [5.74, 6) is 2.24. The van der Waals surface area contributed by atoms with Gasteiger partial charge in [0.05, 0.1) is 18.6 Å². The number of amides is 1. The van der Waals surface area contributed by atoms with Gasteiger partial charge in [-0.25, -0.2) is 0 Å². The minimum Gasteiger partial charge on any atom is -0.495 e. The van der Waals surface area contributed by atoms with Crippen molar-refractivity contribution in [3.05, 3.63) is 58.1 Å². The van der Waals surface area contributed by atoms with E-state index in [1.807, 2.05) is 13.0 Å². The van der Waals surface area contributed by atoms with Gasteiger partial charge in [0.15, 0.2) is 0 Å². The Hall–Kier alpha value is -1.65. The Morgan fingerprint density at radius 2 is 1.92 bits per heavy atom. The number of nitrogens with one attached hydrogen (secondary N) is 1. The molecule has 2 rings (SSSR count). The molecular weight excluding hydrogens is 354 g/mol. The molecule has 1 N–H and O–H groups in total. The minimum absolute atomic E-state index is 0.0520. The highest BCUT2D eigenvalue weighted by Gasteiger charge is 2.10. The van der Waals surface area contributed by atoms with E-state index in [-0.39, 0.29) is 5.91 Å². The third kappa shape index (κ3) is 5.68. The lowest BCUT2D eigenvalue weighted by Gasteiger charge is -2.12. The van der Waals surface area contributed by atoms with Crippen molar-refractivity contribution >= 4 is 35.0 Å². The van der Waals surface area contributed by atoms with Gasteiger partial charge in [-0.05, 0) is 35.6 Å². The average molecular weight is 378 g/mol. The number of aryl methyl sites for hydroxylation is 1. The molecule has 0 aromatic heterocycles. The number of carbonyl (C=O) groups is 1. The van der Waals surface area contributed by atoms with Gasteiger partial charge in [-0.1, -0.05) is 49.7 Å². The van der Waals surface area contributed by atoms with Gasteiger partial charge in [-0.3, -0.25) is 4.79 Å². The lowest BCUT2D eigenvalue weighted by Crippen LogP contribution is -2.15. The highest BCUT2D eigenvalue weighted by atomic mass is 35.5. The Labute approximate surface area is 159 Å². The van der Waals surface area contributed by atoms with Crippen LogP contribution in [0.4, 0.5) is 5.69 Å². The van der Waals surface area contributed by atoms with Crippen LogP contribution in [0.1, 0.15) is 36.5 Å². The van der Waals surface area contributed by atoms with Gasteiger partial charge in [-0.2, -0.15) is 0 Å². The van der Waals surface area contributed by atoms with Gasteiger partial charge >= 0.3 is 0 Å². The summed E-state index contributed by atoms with van der Waals surface area (Å²) in [6, 6.07) is 12.1. The molecule has 0 aliphatic carbocycles. The smallest absolute Gasteiger partial charge is 0.234 e. The van der Waals surface area contributed by atoms with Crippen molar-refractivity contribution in [3.63, 3.8) is 0 Å². The summed E-state index contributed by atoms with van der Waals surface area (Å²) < 4.78 is 5.28. The van der Waals surface area contributed by atoms with Crippen molar-refractivity contribution in [3.8, 4) is 5.75 Å². The maximum atomic E-state index is 12.2. The monoisotopic (exact) mass is 377 g/mol. The van der Waals surface area contributed by atoms with Crippen LogP contribution in [0.2, 0.25) is 5.02 Å². The lowest BCUT2D eigenvalue weighted by atomic mass is 10.0. The fraction of sp³-hybridized carbons (Fsp3) is 0.350. The molecule has 0 fully saturated rings. The fourth-order valence-corrected chi connectivity index (χ4v) is 3.32. The van der Waals surface area contributed by atoms with Crippen LogP contribution in [0.15, 0.2) is 36.4 Å². The van der Waals surface area contributed by atoms with Gasteiger partial charge in [0.25, 0.3) is 0 Å². The van der Waals surface area contributed by atoms with Crippen molar-refractivity contribution in [2.75, 3.05) is 18.2 Å². The van der Waals surface area contributed by atoms with E-state index in [0.717, 1.165) is 11.3 Å². The van der Waals surface area contributed by atoms with Gasteiger partial charge in [0.2, 0.25) is 5.91 Å². The maximum absolute atomic E-state index is 12.2. The van der Waals surface area contributed by atoms with Gasteiger partial charge in [0.1, 0.15) is 5.75 Å². The standard InChI is InChI=1S/C20H24ClNO2S/c1-13(2)16-7-5-15(6-8-16)11-25-12-20(23)22-18-9-14(3)17(21)10-19(18)24-4/h5-10,13H,11-12H2,1-4H3,(H,22,23). The number of carbonyl (C=O) groups excluding carboxylic acids is 1. The first-order chi connectivity index (χ1) is 11.9. The molecule has 0 aliphatic rings. The van der Waals surface area contributed by atoms with E-state index in [4.69, 9.17) is 16.3 Å². The molecule has 0 atom stereocenters. The first-order valence-electron chi connectivity index (χ1n) is 8.21. The second kappa shape index (κ2) is 9.16. The van der Waals surface area contributed by atoms with E-state index < -0.39 is 0 Å². The molecule has 3 nitrogen and oxygen atoms in total. The zero-order valence-electron chi connectivity index (χ0n) is 15.1. The molecule has 1 amide bonds. The summed E-state index contributed by atoms with van der Waals surface area (Å²) in [7, 11) is 1.56. The molecule has 2 aromatic carbocycles. The SMILES string of the molecule is COc1cc(Cl)c(C)cc1NC(=O)CSCc1ccc(C(C)C)cc1. The normalized spacial score (nSPS) is 10.8. The molecule has 5 heteroatoms. The van der Waals surface area contributed by atoms with E-state index in [1.54, 1.807) is 24.9 Å². The Bertz CT molecular complexity index is 729. The van der Waals surface area contributed by atoms with Crippen LogP contribution in [0, 0.1) is 6.92 Å². The average Bonchev–Trinajstić information content (AvgIpc) is 2.58. The zero-order chi connectivity index (χ0) is 18.4. The number of benzene rings is 2. The third-order valence-electron chi connectivity index (χ3n) is 3.90. The fourth-order valence-electron chi connectivity index (χ4n) is 2.38. The molecule has 0 heterocycles. The lowest BCUT2D eigenvalue weighted by molar-refractivity contribution is -0.113. The number of thioether (sulfide) groups is 1. The highest BCUT2D eigenvalue weighted by molar-refractivity contribution is 7.99. The number of hydrogen-bond acceptors (Lipinski definition) is 3. The van der Waals surface area contributed by atoms with Crippen LogP contribution < -0.4 is 10.1 Å². The van der Waals surface area contributed by atoms with Crippen LogP contribution >= 0.6 is 23.4 Å². The molecule has 0 radical (unpaired) electrons. The van der Waals surface area contributed by atoms with Crippen LogP contribution in [-0.2, 0) is 10.5 Å². The highest BCUT2D eigenvalue weighted by Crippen LogP contribution is 2.31. The van der Waals surface area contributed by atoms with Crippen LogP contribution in [0.3, 0.4) is 0 Å². The quantitative estimate of drug-likeness (QED) is 0.677. The van der Waals surface area contributed by atoms with Gasteiger partial charge in [0, 0.05) is 16.8 Å². The molecule has 2 aromatic rings. The molecule has 0 saturated heterocycles. The molecule has 25 heavy (non-hydrogen) atoms. The third-order valence-corrected chi connectivity index (χ3v) is 5.31. The number of methoxy groups -OCH3 is 1. The van der Waals surface area contributed by atoms with Crippen molar-refractivity contribution in [2.24, 2.45) is 0 Å². The Balaban J connectivity index is 1.88. The zero-order valence-corrected chi connectivity index (χ0v) is 16.6. The van der Waals surface area contributed by atoms with Gasteiger partial charge < -0.3 is 10.1 Å². The number of anilines is 1. The summed E-state index contributed by atoms with van der Waals surface area (Å²) in [6.07, 6.45) is 0. The number of halogens is 1. The Morgan fingerprint density at radius 1 is 1.24 bits per heavy atom. The van der Waals surface area contributed by atoms with Crippen LogP contribution in [0.25, 0.3) is 0 Å². The van der Waals surface area contributed by atoms with Crippen molar-refractivity contribution < 1.29 is 9.53 Å². The van der Waals surface area contributed by atoms with Crippen molar-refractivity contribution in [2.45, 2.75) is 32.4 Å². The summed E-state index contributed by atoms with van der Waals surface area (Å²) >= 11 is 7.68. The molecule has 0 bridgehead atoms.